The maximum Gasteiger partial charge on any atom is 0.325 e. The van der Waals surface area contributed by atoms with Crippen molar-refractivity contribution in [3.8, 4) is 0 Å². The summed E-state index contributed by atoms with van der Waals surface area (Å²) in [4.78, 5) is 40.7. The molecule has 2 heterocycles. The van der Waals surface area contributed by atoms with Gasteiger partial charge in [-0.2, -0.15) is 5.10 Å². The first kappa shape index (κ1) is 22.7. The minimum Gasteiger partial charge on any atom is -0.323 e. The zero-order chi connectivity index (χ0) is 24.9. The zero-order valence-corrected chi connectivity index (χ0v) is 20.4. The number of benzene rings is 2. The highest BCUT2D eigenvalue weighted by atomic mass is 16.2. The quantitative estimate of drug-likeness (QED) is 0.636. The molecule has 7 nitrogen and oxygen atoms in total. The molecule has 2 aliphatic heterocycles. The zero-order valence-electron chi connectivity index (χ0n) is 20.4. The number of hydrazone groups is 1. The first-order valence-electron chi connectivity index (χ1n) is 12.8. The van der Waals surface area contributed by atoms with Gasteiger partial charge in [0, 0.05) is 5.92 Å². The van der Waals surface area contributed by atoms with E-state index in [9.17, 15) is 14.4 Å². The van der Waals surface area contributed by atoms with E-state index in [0.717, 1.165) is 59.4 Å². The van der Waals surface area contributed by atoms with E-state index < -0.39 is 11.6 Å². The first-order chi connectivity index (χ1) is 17.5. The Morgan fingerprint density at radius 1 is 1.06 bits per heavy atom. The Kier molecular flexibility index (Phi) is 5.51. The summed E-state index contributed by atoms with van der Waals surface area (Å²) < 4.78 is 0. The molecule has 184 valence electrons. The minimum absolute atomic E-state index is 0.0694. The maximum atomic E-state index is 13.7. The number of allylic oxidation sites excluding steroid dienone is 1. The van der Waals surface area contributed by atoms with Crippen LogP contribution in [0.5, 0.6) is 0 Å². The van der Waals surface area contributed by atoms with Crippen molar-refractivity contribution in [1.29, 1.82) is 0 Å². The second kappa shape index (κ2) is 8.73. The summed E-state index contributed by atoms with van der Waals surface area (Å²) in [6, 6.07) is 19.4. The molecule has 7 heteroatoms. The van der Waals surface area contributed by atoms with E-state index in [0.29, 0.717) is 0 Å². The van der Waals surface area contributed by atoms with Gasteiger partial charge in [-0.15, -0.1) is 0 Å². The number of nitrogens with zero attached hydrogens (tertiary/aromatic N) is 3. The molecular formula is C29H30N4O3. The molecule has 2 aromatic carbocycles. The molecule has 3 unspecified atom stereocenters. The summed E-state index contributed by atoms with van der Waals surface area (Å²) in [5, 5.41) is 9.26. The third kappa shape index (κ3) is 3.83. The molecule has 36 heavy (non-hydrogen) atoms. The molecule has 4 aliphatic rings. The molecule has 2 aromatic rings. The summed E-state index contributed by atoms with van der Waals surface area (Å²) in [7, 11) is 0. The topological polar surface area (TPSA) is 82.1 Å². The molecule has 3 atom stereocenters. The molecule has 0 spiro atoms. The Hall–Kier alpha value is -3.74. The molecule has 6 rings (SSSR count). The van der Waals surface area contributed by atoms with E-state index in [4.69, 9.17) is 5.10 Å². The Bertz CT molecular complexity index is 1270. The van der Waals surface area contributed by atoms with Crippen molar-refractivity contribution in [1.82, 2.24) is 15.2 Å². The molecule has 1 N–H and O–H groups in total. The number of urea groups is 1. The number of imide groups is 1. The van der Waals surface area contributed by atoms with Crippen molar-refractivity contribution in [2.75, 3.05) is 6.54 Å². The van der Waals surface area contributed by atoms with E-state index in [1.54, 1.807) is 6.92 Å². The number of amides is 4. The fourth-order valence-electron chi connectivity index (χ4n) is 5.95. The largest absolute Gasteiger partial charge is 0.325 e. The van der Waals surface area contributed by atoms with Crippen molar-refractivity contribution < 1.29 is 14.4 Å². The third-order valence-electron chi connectivity index (χ3n) is 8.03. The average Bonchev–Trinajstić information content (AvgIpc) is 3.64. The van der Waals surface area contributed by atoms with Gasteiger partial charge in [-0.1, -0.05) is 60.7 Å². The van der Waals surface area contributed by atoms with Gasteiger partial charge < -0.3 is 5.32 Å². The first-order valence-corrected chi connectivity index (χ1v) is 12.8. The van der Waals surface area contributed by atoms with E-state index >= 15 is 0 Å². The highest BCUT2D eigenvalue weighted by Crippen LogP contribution is 2.45. The molecule has 4 amide bonds. The molecule has 2 saturated carbocycles. The lowest BCUT2D eigenvalue weighted by molar-refractivity contribution is -0.140. The van der Waals surface area contributed by atoms with Crippen LogP contribution in [0.2, 0.25) is 0 Å². The lowest BCUT2D eigenvalue weighted by Gasteiger charge is -2.30. The Labute approximate surface area is 210 Å². The number of carbonyl (C=O) groups excluding carboxylic acids is 3. The normalized spacial score (nSPS) is 28.8. The molecule has 0 aromatic heterocycles. The monoisotopic (exact) mass is 482 g/mol. The van der Waals surface area contributed by atoms with E-state index in [1.165, 1.54) is 5.01 Å². The predicted octanol–water partition coefficient (Wildman–Crippen LogP) is 4.53. The number of hydrogen-bond acceptors (Lipinski definition) is 4. The van der Waals surface area contributed by atoms with Crippen LogP contribution in [-0.4, -0.2) is 45.5 Å². The number of carbonyl (C=O) groups is 3. The van der Waals surface area contributed by atoms with E-state index in [1.807, 2.05) is 48.5 Å². The van der Waals surface area contributed by atoms with Crippen LogP contribution >= 0.6 is 0 Å². The van der Waals surface area contributed by atoms with Crippen molar-refractivity contribution in [3.05, 3.63) is 77.4 Å². The second-order valence-electron chi connectivity index (χ2n) is 10.5. The SMILES string of the molecule is CC1(C2CC2)NC(=O)N(CC(=O)N2N=C3/C(=C\c4ccccc4)CCCC3C2c2ccccc2)C1=O. The third-order valence-corrected chi connectivity index (χ3v) is 8.03. The van der Waals surface area contributed by atoms with Crippen LogP contribution in [-0.2, 0) is 9.59 Å². The highest BCUT2D eigenvalue weighted by Gasteiger charge is 2.56. The van der Waals surface area contributed by atoms with Gasteiger partial charge in [0.15, 0.2) is 0 Å². The number of nitrogens with one attached hydrogen (secondary N) is 1. The standard InChI is InChI=1S/C29H30N4O3/c1-29(22-15-16-22)27(35)32(28(36)30-29)18-24(34)33-26(20-11-6-3-7-12-20)23-14-8-13-21(25(23)31-33)17-19-9-4-2-5-10-19/h2-7,9-12,17,22-23,26H,8,13-16,18H2,1H3,(H,30,36)/b21-17-. The summed E-state index contributed by atoms with van der Waals surface area (Å²) >= 11 is 0. The lowest BCUT2D eigenvalue weighted by Crippen LogP contribution is -2.47. The molecule has 1 saturated heterocycles. The van der Waals surface area contributed by atoms with Crippen LogP contribution in [0.1, 0.15) is 56.2 Å². The van der Waals surface area contributed by atoms with Gasteiger partial charge in [0.1, 0.15) is 12.1 Å². The maximum absolute atomic E-state index is 13.7. The molecule has 0 bridgehead atoms. The van der Waals surface area contributed by atoms with Gasteiger partial charge in [0.2, 0.25) is 0 Å². The van der Waals surface area contributed by atoms with Crippen LogP contribution in [0.15, 0.2) is 71.3 Å². The number of fused-ring (bicyclic) bond motifs is 1. The van der Waals surface area contributed by atoms with Crippen molar-refractivity contribution in [3.63, 3.8) is 0 Å². The Morgan fingerprint density at radius 2 is 1.75 bits per heavy atom. The van der Waals surface area contributed by atoms with Gasteiger partial charge >= 0.3 is 6.03 Å². The molecule has 0 radical (unpaired) electrons. The molecular weight excluding hydrogens is 452 g/mol. The fraction of sp³-hybridized carbons (Fsp3) is 0.379. The summed E-state index contributed by atoms with van der Waals surface area (Å²) in [6.07, 6.45) is 6.84. The van der Waals surface area contributed by atoms with Gasteiger partial charge in [-0.05, 0) is 67.7 Å². The summed E-state index contributed by atoms with van der Waals surface area (Å²) in [5.74, 6) is -0.437. The van der Waals surface area contributed by atoms with Gasteiger partial charge in [-0.25, -0.2) is 9.80 Å². The van der Waals surface area contributed by atoms with Gasteiger partial charge in [0.05, 0.1) is 11.8 Å². The van der Waals surface area contributed by atoms with Crippen LogP contribution in [0, 0.1) is 11.8 Å². The lowest BCUT2D eigenvalue weighted by atomic mass is 9.77. The van der Waals surface area contributed by atoms with Crippen molar-refractivity contribution in [2.45, 2.75) is 50.6 Å². The van der Waals surface area contributed by atoms with Crippen molar-refractivity contribution >= 4 is 29.6 Å². The molecule has 3 fully saturated rings. The highest BCUT2D eigenvalue weighted by molar-refractivity contribution is 6.10. The fourth-order valence-corrected chi connectivity index (χ4v) is 5.95. The van der Waals surface area contributed by atoms with Crippen molar-refractivity contribution in [2.24, 2.45) is 16.9 Å². The Balaban J connectivity index is 1.33. The number of rotatable bonds is 5. The average molecular weight is 483 g/mol. The van der Waals surface area contributed by atoms with E-state index in [-0.39, 0.29) is 36.2 Å². The molecule has 2 aliphatic carbocycles. The predicted molar refractivity (Wildman–Crippen MR) is 137 cm³/mol. The minimum atomic E-state index is -0.910. The van der Waals surface area contributed by atoms with Gasteiger partial charge in [-0.3, -0.25) is 14.5 Å². The van der Waals surface area contributed by atoms with Crippen LogP contribution in [0.4, 0.5) is 4.79 Å². The smallest absolute Gasteiger partial charge is 0.323 e. The number of hydrogen-bond donors (Lipinski definition) is 1. The van der Waals surface area contributed by atoms with Crippen LogP contribution in [0.25, 0.3) is 6.08 Å². The van der Waals surface area contributed by atoms with E-state index in [2.05, 4.69) is 23.5 Å². The summed E-state index contributed by atoms with van der Waals surface area (Å²) in [6.45, 7) is 1.46. The summed E-state index contributed by atoms with van der Waals surface area (Å²) in [5.41, 5.74) is 3.29. The Morgan fingerprint density at radius 3 is 2.44 bits per heavy atom. The van der Waals surface area contributed by atoms with Crippen LogP contribution < -0.4 is 5.32 Å². The van der Waals surface area contributed by atoms with Gasteiger partial charge in [0.25, 0.3) is 11.8 Å². The van der Waals surface area contributed by atoms with Crippen LogP contribution in [0.3, 0.4) is 0 Å². The second-order valence-corrected chi connectivity index (χ2v) is 10.5.